The second-order valence-electron chi connectivity index (χ2n) is 8.23. The van der Waals surface area contributed by atoms with E-state index in [1.807, 2.05) is 22.8 Å². The van der Waals surface area contributed by atoms with E-state index in [1.54, 1.807) is 23.7 Å². The van der Waals surface area contributed by atoms with Crippen molar-refractivity contribution < 1.29 is 4.79 Å². The number of hydrogen-bond donors (Lipinski definition) is 2. The molecule has 2 aromatic heterocycles. The van der Waals surface area contributed by atoms with E-state index >= 15 is 0 Å². The molecule has 29 heavy (non-hydrogen) atoms. The summed E-state index contributed by atoms with van der Waals surface area (Å²) in [7, 11) is 1.61. The highest BCUT2D eigenvalue weighted by Crippen LogP contribution is 2.34. The molecule has 1 atom stereocenters. The average Bonchev–Trinajstić information content (AvgIpc) is 3.47. The van der Waals surface area contributed by atoms with E-state index in [0.717, 1.165) is 34.6 Å². The lowest BCUT2D eigenvalue weighted by Gasteiger charge is -2.25. The summed E-state index contributed by atoms with van der Waals surface area (Å²) in [5.41, 5.74) is 5.10. The molecule has 2 aliphatic rings. The van der Waals surface area contributed by atoms with E-state index in [-0.39, 0.29) is 17.5 Å². The van der Waals surface area contributed by atoms with Crippen LogP contribution in [0.15, 0.2) is 35.3 Å². The molecule has 1 aliphatic heterocycles. The first-order valence-corrected chi connectivity index (χ1v) is 10.3. The Hall–Kier alpha value is -2.93. The number of hydrogen-bond acceptors (Lipinski definition) is 4. The van der Waals surface area contributed by atoms with E-state index < -0.39 is 0 Å². The maximum Gasteiger partial charge on any atom is 0.261 e. The Morgan fingerprint density at radius 2 is 2.03 bits per heavy atom. The Bertz CT molecular complexity index is 1150. The topological polar surface area (TPSA) is 80.4 Å². The van der Waals surface area contributed by atoms with Gasteiger partial charge in [-0.25, -0.2) is 4.52 Å². The van der Waals surface area contributed by atoms with Crippen molar-refractivity contribution >= 4 is 11.6 Å². The molecule has 1 saturated carbocycles. The highest BCUT2D eigenvalue weighted by Gasteiger charge is 2.28. The van der Waals surface area contributed by atoms with Gasteiger partial charge in [-0.15, -0.1) is 0 Å². The molecule has 2 N–H and O–H groups in total. The van der Waals surface area contributed by atoms with Crippen LogP contribution in [0, 0.1) is 5.92 Å². The van der Waals surface area contributed by atoms with Gasteiger partial charge in [0.05, 0.1) is 17.6 Å². The van der Waals surface area contributed by atoms with Crippen LogP contribution in [0.5, 0.6) is 0 Å². The minimum Gasteiger partial charge on any atom is -0.355 e. The molecule has 3 heterocycles. The van der Waals surface area contributed by atoms with Crippen LogP contribution in [0.4, 0.5) is 0 Å². The summed E-state index contributed by atoms with van der Waals surface area (Å²) in [5.74, 6) is 0.550. The molecule has 1 aliphatic carbocycles. The van der Waals surface area contributed by atoms with Crippen LogP contribution in [-0.2, 0) is 19.4 Å². The normalized spacial score (nSPS) is 18.6. The fourth-order valence-electron chi connectivity index (χ4n) is 4.25. The van der Waals surface area contributed by atoms with Crippen molar-refractivity contribution in [1.82, 2.24) is 24.8 Å². The van der Waals surface area contributed by atoms with Crippen LogP contribution >= 0.6 is 0 Å². The Kier molecular flexibility index (Phi) is 4.28. The fraction of sp³-hybridized carbons (Fsp3) is 0.409. The van der Waals surface area contributed by atoms with Crippen LogP contribution in [0.1, 0.15) is 46.9 Å². The number of carbonyl (C=O) groups is 1. The molecule has 7 nitrogen and oxygen atoms in total. The third-order valence-corrected chi connectivity index (χ3v) is 6.04. The summed E-state index contributed by atoms with van der Waals surface area (Å²) in [6, 6.07) is 7.46. The molecule has 0 bridgehead atoms. The number of amides is 1. The van der Waals surface area contributed by atoms with E-state index in [4.69, 9.17) is 0 Å². The van der Waals surface area contributed by atoms with Gasteiger partial charge in [-0.3, -0.25) is 14.2 Å². The maximum atomic E-state index is 13.6. The summed E-state index contributed by atoms with van der Waals surface area (Å²) >= 11 is 0. The van der Waals surface area contributed by atoms with Crippen molar-refractivity contribution in [2.45, 2.75) is 45.2 Å². The van der Waals surface area contributed by atoms with Crippen molar-refractivity contribution in [2.75, 3.05) is 7.05 Å². The predicted molar refractivity (Wildman–Crippen MR) is 111 cm³/mol. The Morgan fingerprint density at radius 1 is 1.28 bits per heavy atom. The second-order valence-corrected chi connectivity index (χ2v) is 8.23. The molecule has 5 rings (SSSR count). The molecular weight excluding hydrogens is 366 g/mol. The first-order valence-electron chi connectivity index (χ1n) is 10.3. The third kappa shape index (κ3) is 3.06. The van der Waals surface area contributed by atoms with Crippen LogP contribution < -0.4 is 16.2 Å². The van der Waals surface area contributed by atoms with E-state index in [0.29, 0.717) is 24.4 Å². The zero-order chi connectivity index (χ0) is 20.1. The zero-order valence-electron chi connectivity index (χ0n) is 16.7. The quantitative estimate of drug-likeness (QED) is 0.711. The molecule has 1 amide bonds. The predicted octanol–water partition coefficient (Wildman–Crippen LogP) is 1.83. The van der Waals surface area contributed by atoms with Crippen molar-refractivity contribution in [1.29, 1.82) is 0 Å². The summed E-state index contributed by atoms with van der Waals surface area (Å²) in [5, 5.41) is 10.8. The van der Waals surface area contributed by atoms with Crippen LogP contribution in [-0.4, -0.2) is 33.2 Å². The smallest absolute Gasteiger partial charge is 0.261 e. The highest BCUT2D eigenvalue weighted by molar-refractivity contribution is 5.94. The Morgan fingerprint density at radius 3 is 2.72 bits per heavy atom. The zero-order valence-corrected chi connectivity index (χ0v) is 16.7. The average molecular weight is 391 g/mol. The van der Waals surface area contributed by atoms with E-state index in [2.05, 4.69) is 22.7 Å². The summed E-state index contributed by atoms with van der Waals surface area (Å²) < 4.78 is 3.73. The van der Waals surface area contributed by atoms with Crippen molar-refractivity contribution in [3.63, 3.8) is 0 Å². The van der Waals surface area contributed by atoms with Crippen LogP contribution in [0.25, 0.3) is 11.3 Å². The monoisotopic (exact) mass is 391 g/mol. The van der Waals surface area contributed by atoms with E-state index in [9.17, 15) is 9.59 Å². The minimum atomic E-state index is -0.141. The fourth-order valence-corrected chi connectivity index (χ4v) is 4.25. The van der Waals surface area contributed by atoms with Gasteiger partial charge in [0.15, 0.2) is 0 Å². The van der Waals surface area contributed by atoms with Gasteiger partial charge < -0.3 is 10.6 Å². The maximum absolute atomic E-state index is 13.6. The van der Waals surface area contributed by atoms with Crippen molar-refractivity contribution in [3.8, 4) is 5.69 Å². The molecule has 1 fully saturated rings. The minimum absolute atomic E-state index is 0.0195. The van der Waals surface area contributed by atoms with Gasteiger partial charge in [-0.1, -0.05) is 0 Å². The van der Waals surface area contributed by atoms with Crippen LogP contribution in [0.3, 0.4) is 0 Å². The van der Waals surface area contributed by atoms with E-state index in [1.165, 1.54) is 12.8 Å². The number of aromatic nitrogens is 3. The number of nitrogens with zero attached hydrogens (tertiary/aromatic N) is 3. The molecule has 1 aromatic carbocycles. The molecule has 0 radical (unpaired) electrons. The molecule has 0 spiro atoms. The van der Waals surface area contributed by atoms with Gasteiger partial charge >= 0.3 is 0 Å². The Labute approximate surface area is 168 Å². The van der Waals surface area contributed by atoms with Gasteiger partial charge in [0.25, 0.3) is 11.5 Å². The molecule has 150 valence electrons. The lowest BCUT2D eigenvalue weighted by atomic mass is 10.0. The lowest BCUT2D eigenvalue weighted by Crippen LogP contribution is -2.40. The summed E-state index contributed by atoms with van der Waals surface area (Å²) in [6.45, 7) is 2.74. The lowest BCUT2D eigenvalue weighted by molar-refractivity contribution is 0.0963. The molecule has 7 heteroatoms. The summed E-state index contributed by atoms with van der Waals surface area (Å²) in [4.78, 5) is 25.5. The largest absolute Gasteiger partial charge is 0.355 e. The Balaban J connectivity index is 1.74. The standard InChI is InChI=1S/C22H25N5O2/c1-13-9-18-19(12-24-13)27-21(16(11-25-27)10-14-3-4-14)26(22(18)29)17-7-5-15(6-8-17)20(28)23-2/h5-8,11,13-14,24H,3-4,9-10,12H2,1-2H3,(H,23,28). The number of carbonyl (C=O) groups excluding carboxylic acids is 1. The highest BCUT2D eigenvalue weighted by atomic mass is 16.1. The van der Waals surface area contributed by atoms with Gasteiger partial charge in [0.2, 0.25) is 0 Å². The second kappa shape index (κ2) is 6.84. The van der Waals surface area contributed by atoms with Gasteiger partial charge in [0, 0.05) is 36.3 Å². The van der Waals surface area contributed by atoms with Gasteiger partial charge in [-0.05, 0) is 62.8 Å². The molecule has 3 aromatic rings. The number of nitrogens with one attached hydrogen (secondary N) is 2. The molecular formula is C22H25N5O2. The first kappa shape index (κ1) is 18.1. The van der Waals surface area contributed by atoms with Gasteiger partial charge in [0.1, 0.15) is 5.65 Å². The summed E-state index contributed by atoms with van der Waals surface area (Å²) in [6.07, 6.45) is 6.03. The SMILES string of the molecule is CNC(=O)c1ccc(-n2c(=O)c3c(n4ncc(CC5CC5)c24)CNC(C)C3)cc1. The van der Waals surface area contributed by atoms with Crippen molar-refractivity contribution in [3.05, 3.63) is 63.2 Å². The number of rotatable bonds is 4. The van der Waals surface area contributed by atoms with Crippen molar-refractivity contribution in [2.24, 2.45) is 5.92 Å². The first-order chi connectivity index (χ1) is 14.1. The molecule has 1 unspecified atom stereocenters. The molecule has 0 saturated heterocycles. The van der Waals surface area contributed by atoms with Crippen LogP contribution in [0.2, 0.25) is 0 Å². The third-order valence-electron chi connectivity index (χ3n) is 6.04. The van der Waals surface area contributed by atoms with Gasteiger partial charge in [-0.2, -0.15) is 5.10 Å². The number of fused-ring (bicyclic) bond motifs is 3. The number of benzene rings is 1.